The summed E-state index contributed by atoms with van der Waals surface area (Å²) in [6, 6.07) is -1.24. The topological polar surface area (TPSA) is 135 Å². The molecular formula is C22H38N4O6. The van der Waals surface area contributed by atoms with Crippen LogP contribution in [0.15, 0.2) is 24.2 Å². The fraction of sp³-hybridized carbons (Fsp3) is 0.636. The molecule has 1 aliphatic carbocycles. The summed E-state index contributed by atoms with van der Waals surface area (Å²) in [5.74, 6) is 0.294. The van der Waals surface area contributed by atoms with Crippen LogP contribution in [-0.4, -0.2) is 49.2 Å². The van der Waals surface area contributed by atoms with E-state index in [-0.39, 0.29) is 30.4 Å². The molecule has 2 fully saturated rings. The number of hydrogen-bond donors (Lipinski definition) is 4. The number of imide groups is 1. The van der Waals surface area contributed by atoms with Crippen LogP contribution < -0.4 is 21.3 Å². The Balaban J connectivity index is 0.00000227. The lowest BCUT2D eigenvalue weighted by molar-refractivity contribution is -0.140. The number of ether oxygens (including phenoxy) is 2. The van der Waals surface area contributed by atoms with Gasteiger partial charge in [-0.15, -0.1) is 0 Å². The van der Waals surface area contributed by atoms with Crippen molar-refractivity contribution in [1.29, 1.82) is 0 Å². The van der Waals surface area contributed by atoms with Crippen molar-refractivity contribution in [3.63, 3.8) is 0 Å². The Hall–Kier alpha value is -2.88. The molecule has 2 aliphatic rings. The Morgan fingerprint density at radius 2 is 1.72 bits per heavy atom. The third-order valence-corrected chi connectivity index (χ3v) is 4.91. The van der Waals surface area contributed by atoms with E-state index in [9.17, 15) is 19.2 Å². The second kappa shape index (κ2) is 15.9. The molecule has 10 heteroatoms. The molecule has 0 aromatic carbocycles. The number of nitrogens with one attached hydrogen (secondary N) is 4. The Kier molecular flexibility index (Phi) is 14.4. The largest absolute Gasteiger partial charge is 0.462 e. The second-order valence-corrected chi connectivity index (χ2v) is 6.89. The maximum Gasteiger partial charge on any atom is 0.321 e. The van der Waals surface area contributed by atoms with E-state index >= 15 is 0 Å². The van der Waals surface area contributed by atoms with Gasteiger partial charge in [0.15, 0.2) is 0 Å². The number of hydrogen-bond acceptors (Lipinski definition) is 7. The average Bonchev–Trinajstić information content (AvgIpc) is 3.21. The maximum absolute atomic E-state index is 11.8. The van der Waals surface area contributed by atoms with Crippen molar-refractivity contribution >= 4 is 24.8 Å². The van der Waals surface area contributed by atoms with Crippen LogP contribution in [0.1, 0.15) is 60.8 Å². The smallest absolute Gasteiger partial charge is 0.321 e. The van der Waals surface area contributed by atoms with Crippen LogP contribution in [0.5, 0.6) is 0 Å². The highest BCUT2D eigenvalue weighted by molar-refractivity contribution is 5.84. The normalized spacial score (nSPS) is 25.8. The van der Waals surface area contributed by atoms with E-state index in [0.29, 0.717) is 18.7 Å². The molecule has 4 amide bonds. The van der Waals surface area contributed by atoms with Crippen LogP contribution in [0.2, 0.25) is 0 Å². The predicted molar refractivity (Wildman–Crippen MR) is 121 cm³/mol. The molecule has 0 aromatic rings. The van der Waals surface area contributed by atoms with E-state index in [2.05, 4.69) is 22.5 Å². The van der Waals surface area contributed by atoms with Crippen LogP contribution in [0.3, 0.4) is 0 Å². The minimum atomic E-state index is -0.673. The van der Waals surface area contributed by atoms with Gasteiger partial charge in [-0.2, -0.15) is 0 Å². The molecule has 10 nitrogen and oxygen atoms in total. The van der Waals surface area contributed by atoms with Gasteiger partial charge in [-0.25, -0.2) is 4.79 Å². The van der Waals surface area contributed by atoms with Crippen molar-refractivity contribution in [2.45, 2.75) is 85.2 Å². The van der Waals surface area contributed by atoms with Crippen molar-refractivity contribution < 1.29 is 28.7 Å². The Bertz CT molecular complexity index is 667. The first kappa shape index (κ1) is 29.1. The van der Waals surface area contributed by atoms with Gasteiger partial charge in [0.1, 0.15) is 11.9 Å². The Morgan fingerprint density at radius 1 is 1.06 bits per heavy atom. The molecule has 5 unspecified atom stereocenters. The summed E-state index contributed by atoms with van der Waals surface area (Å²) in [6.07, 6.45) is 3.00. The highest BCUT2D eigenvalue weighted by atomic mass is 16.5. The molecule has 1 heterocycles. The van der Waals surface area contributed by atoms with Gasteiger partial charge in [-0.3, -0.25) is 19.7 Å². The van der Waals surface area contributed by atoms with Gasteiger partial charge in [0.2, 0.25) is 12.3 Å². The number of carbonyl (C=O) groups excluding carboxylic acids is 4. The lowest BCUT2D eigenvalue weighted by Crippen LogP contribution is -2.57. The summed E-state index contributed by atoms with van der Waals surface area (Å²) in [5, 5.41) is 10.1. The minimum absolute atomic E-state index is 0.167. The van der Waals surface area contributed by atoms with E-state index in [0.717, 1.165) is 18.4 Å². The fourth-order valence-electron chi connectivity index (χ4n) is 3.68. The second-order valence-electron chi connectivity index (χ2n) is 6.89. The van der Waals surface area contributed by atoms with E-state index < -0.39 is 18.2 Å². The number of fused-ring (bicyclic) bond motifs is 1. The molecule has 0 radical (unpaired) electrons. The Labute approximate surface area is 190 Å². The van der Waals surface area contributed by atoms with Crippen molar-refractivity contribution in [3.05, 3.63) is 24.2 Å². The van der Waals surface area contributed by atoms with Crippen molar-refractivity contribution in [2.24, 2.45) is 5.92 Å². The molecule has 0 bridgehead atoms. The molecule has 2 rings (SSSR count). The van der Waals surface area contributed by atoms with Gasteiger partial charge in [0.05, 0.1) is 18.2 Å². The van der Waals surface area contributed by atoms with Crippen molar-refractivity contribution in [3.8, 4) is 0 Å². The molecular weight excluding hydrogens is 416 g/mol. The first-order valence-corrected chi connectivity index (χ1v) is 11.0. The molecule has 5 atom stereocenters. The SMILES string of the molecule is C=C(N/C=C(\C)C1CC2CCC(OC=O)C(NC(=O)NC=O)C2O1)NC(C)=O.CC.CC. The summed E-state index contributed by atoms with van der Waals surface area (Å²) < 4.78 is 11.3. The summed E-state index contributed by atoms with van der Waals surface area (Å²) in [4.78, 5) is 44.1. The standard InChI is InChI=1S/C18H26N4O6.2C2H6/c1-10(7-19-11(2)21-12(3)25)15-6-13-4-5-14(27-9-24)16(17(13)28-15)22-18(26)20-8-23;2*1-2/h7-9,13-17,19H,2,4-6H2,1,3H3,(H,21,25)(H2,20,22,23,26);2*1-2H3/b10-7+;;. The third kappa shape index (κ3) is 9.09. The minimum Gasteiger partial charge on any atom is -0.462 e. The quantitative estimate of drug-likeness (QED) is 0.412. The highest BCUT2D eigenvalue weighted by Gasteiger charge is 2.48. The number of rotatable bonds is 8. The molecule has 1 saturated carbocycles. The van der Waals surface area contributed by atoms with Gasteiger partial charge in [-0.05, 0) is 37.7 Å². The molecule has 4 N–H and O–H groups in total. The summed E-state index contributed by atoms with van der Waals surface area (Å²) >= 11 is 0. The monoisotopic (exact) mass is 454 g/mol. The average molecular weight is 455 g/mol. The zero-order valence-electron chi connectivity index (χ0n) is 19.9. The molecule has 182 valence electrons. The fourth-order valence-corrected chi connectivity index (χ4v) is 3.68. The summed E-state index contributed by atoms with van der Waals surface area (Å²) in [6.45, 7) is 15.3. The summed E-state index contributed by atoms with van der Waals surface area (Å²) in [7, 11) is 0. The molecule has 32 heavy (non-hydrogen) atoms. The zero-order chi connectivity index (χ0) is 24.7. The number of urea groups is 1. The molecule has 0 spiro atoms. The van der Waals surface area contributed by atoms with E-state index in [1.54, 1.807) is 6.20 Å². The third-order valence-electron chi connectivity index (χ3n) is 4.91. The first-order chi connectivity index (χ1) is 15.3. The van der Waals surface area contributed by atoms with Crippen LogP contribution in [-0.2, 0) is 23.9 Å². The summed E-state index contributed by atoms with van der Waals surface area (Å²) in [5.41, 5.74) is 0.893. The molecule has 1 aliphatic heterocycles. The van der Waals surface area contributed by atoms with Gasteiger partial charge in [0, 0.05) is 13.1 Å². The van der Waals surface area contributed by atoms with Gasteiger partial charge < -0.3 is 25.4 Å². The van der Waals surface area contributed by atoms with Gasteiger partial charge >= 0.3 is 6.03 Å². The van der Waals surface area contributed by atoms with E-state index in [1.807, 2.05) is 39.9 Å². The van der Waals surface area contributed by atoms with Gasteiger partial charge in [-0.1, -0.05) is 34.3 Å². The number of carbonyl (C=O) groups is 4. The van der Waals surface area contributed by atoms with Gasteiger partial charge in [0.25, 0.3) is 6.47 Å². The Morgan fingerprint density at radius 3 is 2.28 bits per heavy atom. The zero-order valence-corrected chi connectivity index (χ0v) is 19.9. The van der Waals surface area contributed by atoms with E-state index in [1.165, 1.54) is 6.92 Å². The van der Waals surface area contributed by atoms with Crippen LogP contribution >= 0.6 is 0 Å². The lowest BCUT2D eigenvalue weighted by Gasteiger charge is -2.38. The predicted octanol–water partition coefficient (Wildman–Crippen LogP) is 2.07. The van der Waals surface area contributed by atoms with Crippen molar-refractivity contribution in [1.82, 2.24) is 21.3 Å². The molecule has 1 saturated heterocycles. The van der Waals surface area contributed by atoms with Crippen LogP contribution in [0.25, 0.3) is 0 Å². The lowest BCUT2D eigenvalue weighted by atomic mass is 9.80. The molecule has 0 aromatic heterocycles. The van der Waals surface area contributed by atoms with Crippen LogP contribution in [0.4, 0.5) is 4.79 Å². The van der Waals surface area contributed by atoms with Crippen LogP contribution in [0, 0.1) is 5.92 Å². The van der Waals surface area contributed by atoms with Crippen molar-refractivity contribution in [2.75, 3.05) is 0 Å². The number of amides is 4. The first-order valence-electron chi connectivity index (χ1n) is 11.0. The van der Waals surface area contributed by atoms with E-state index in [4.69, 9.17) is 9.47 Å². The highest BCUT2D eigenvalue weighted by Crippen LogP contribution is 2.40. The maximum atomic E-state index is 11.8.